The standard InChI is InChI=1S/C38H64N2O6/c41-23-32-34(42)35(43)33(40(32)8-4-2-6-10-46-25-38-20-29-14-30(21-38)16-31(15-29)22-38)36(44)39-7-3-1-5-9-45-24-37-17-26-11-27(18-37)13-28(12-26)19-37/h26-35,41-43H,1-25H2,(H,39,44)/t26?,27?,28?,29?,30?,31?,32-,33-,34-,35-,37?,38?/m0/s1. The summed E-state index contributed by atoms with van der Waals surface area (Å²) in [6.45, 7) is 4.26. The van der Waals surface area contributed by atoms with Crippen LogP contribution in [0.2, 0.25) is 0 Å². The number of hydrogen-bond donors (Lipinski definition) is 4. The molecule has 262 valence electrons. The van der Waals surface area contributed by atoms with E-state index in [2.05, 4.69) is 5.32 Å². The van der Waals surface area contributed by atoms with Crippen LogP contribution in [-0.2, 0) is 14.3 Å². The van der Waals surface area contributed by atoms with Crippen LogP contribution in [0.3, 0.4) is 0 Å². The summed E-state index contributed by atoms with van der Waals surface area (Å²) in [5.74, 6) is 5.48. The highest BCUT2D eigenvalue weighted by Crippen LogP contribution is 2.61. The molecule has 46 heavy (non-hydrogen) atoms. The molecule has 0 unspecified atom stereocenters. The molecule has 8 saturated carbocycles. The molecule has 1 aliphatic heterocycles. The molecule has 1 heterocycles. The van der Waals surface area contributed by atoms with Crippen molar-refractivity contribution in [3.8, 4) is 0 Å². The molecule has 0 radical (unpaired) electrons. The summed E-state index contributed by atoms with van der Waals surface area (Å²) in [7, 11) is 0. The van der Waals surface area contributed by atoms with Crippen LogP contribution < -0.4 is 5.32 Å². The molecule has 0 spiro atoms. The lowest BCUT2D eigenvalue weighted by Gasteiger charge is -2.56. The molecule has 1 saturated heterocycles. The average Bonchev–Trinajstić information content (AvgIpc) is 3.24. The molecular weight excluding hydrogens is 580 g/mol. The fourth-order valence-corrected chi connectivity index (χ4v) is 12.8. The number of carbonyl (C=O) groups excluding carboxylic acids is 1. The van der Waals surface area contributed by atoms with E-state index in [9.17, 15) is 20.1 Å². The largest absolute Gasteiger partial charge is 0.395 e. The Balaban J connectivity index is 0.764. The van der Waals surface area contributed by atoms with Gasteiger partial charge in [0, 0.05) is 19.8 Å². The molecule has 0 aromatic rings. The topological polar surface area (TPSA) is 111 Å². The first kappa shape index (κ1) is 33.7. The molecule has 8 aliphatic carbocycles. The van der Waals surface area contributed by atoms with Crippen molar-refractivity contribution in [1.82, 2.24) is 10.2 Å². The van der Waals surface area contributed by atoms with Crippen molar-refractivity contribution >= 4 is 5.91 Å². The van der Waals surface area contributed by atoms with Crippen molar-refractivity contribution in [2.75, 3.05) is 46.1 Å². The van der Waals surface area contributed by atoms with Crippen molar-refractivity contribution in [2.24, 2.45) is 46.3 Å². The highest BCUT2D eigenvalue weighted by molar-refractivity contribution is 5.83. The van der Waals surface area contributed by atoms with Gasteiger partial charge in [-0.05, 0) is 168 Å². The quantitative estimate of drug-likeness (QED) is 0.161. The number of amides is 1. The summed E-state index contributed by atoms with van der Waals surface area (Å²) in [6, 6.07) is -1.45. The van der Waals surface area contributed by atoms with E-state index in [0.29, 0.717) is 23.9 Å². The fraction of sp³-hybridized carbons (Fsp3) is 0.974. The third-order valence-electron chi connectivity index (χ3n) is 13.9. The van der Waals surface area contributed by atoms with Crippen LogP contribution in [0.5, 0.6) is 0 Å². The fourth-order valence-electron chi connectivity index (χ4n) is 12.8. The highest BCUT2D eigenvalue weighted by atomic mass is 16.5. The van der Waals surface area contributed by atoms with Crippen LogP contribution in [0.1, 0.15) is 116 Å². The normalized spacial score (nSPS) is 44.0. The molecule has 8 nitrogen and oxygen atoms in total. The Hall–Kier alpha value is -0.770. The van der Waals surface area contributed by atoms with Gasteiger partial charge in [-0.2, -0.15) is 0 Å². The van der Waals surface area contributed by atoms with Gasteiger partial charge in [-0.25, -0.2) is 0 Å². The summed E-state index contributed by atoms with van der Waals surface area (Å²) >= 11 is 0. The van der Waals surface area contributed by atoms with Crippen molar-refractivity contribution in [3.05, 3.63) is 0 Å². The predicted molar refractivity (Wildman–Crippen MR) is 177 cm³/mol. The van der Waals surface area contributed by atoms with Crippen molar-refractivity contribution < 1.29 is 29.6 Å². The first-order valence-corrected chi connectivity index (χ1v) is 19.5. The van der Waals surface area contributed by atoms with Gasteiger partial charge in [0.2, 0.25) is 5.91 Å². The maximum atomic E-state index is 13.2. The SMILES string of the molecule is O=C(NCCCCCOCC12CC3CC(CC(C3)C1)C2)[C@@H]1[C@H](O)[C@@H](O)[C@H](CO)N1CCCCCOCC12CC3CC(CC(C3)C1)C2. The number of likely N-dealkylation sites (tertiary alicyclic amines) is 1. The van der Waals surface area contributed by atoms with Gasteiger partial charge in [0.15, 0.2) is 0 Å². The minimum Gasteiger partial charge on any atom is -0.395 e. The Kier molecular flexibility index (Phi) is 10.7. The number of rotatable bonds is 18. The molecule has 0 aromatic carbocycles. The average molecular weight is 645 g/mol. The number of nitrogens with zero attached hydrogens (tertiary/aromatic N) is 1. The monoisotopic (exact) mass is 644 g/mol. The van der Waals surface area contributed by atoms with E-state index in [-0.39, 0.29) is 12.5 Å². The van der Waals surface area contributed by atoms with E-state index in [1.165, 1.54) is 77.0 Å². The Bertz CT molecular complexity index is 951. The number of nitrogens with one attached hydrogen (secondary N) is 1. The van der Waals surface area contributed by atoms with Gasteiger partial charge in [-0.15, -0.1) is 0 Å². The zero-order valence-electron chi connectivity index (χ0n) is 28.5. The number of ether oxygens (including phenoxy) is 2. The molecule has 1 amide bonds. The van der Waals surface area contributed by atoms with E-state index in [0.717, 1.165) is 100 Å². The van der Waals surface area contributed by atoms with Crippen molar-refractivity contribution in [3.63, 3.8) is 0 Å². The van der Waals surface area contributed by atoms with Crippen LogP contribution >= 0.6 is 0 Å². The first-order chi connectivity index (χ1) is 22.3. The Morgan fingerprint density at radius 1 is 0.652 bits per heavy atom. The first-order valence-electron chi connectivity index (χ1n) is 19.5. The summed E-state index contributed by atoms with van der Waals surface area (Å²) in [5.41, 5.74) is 0.919. The number of aliphatic hydroxyl groups is 3. The third kappa shape index (κ3) is 7.38. The van der Waals surface area contributed by atoms with Crippen LogP contribution in [0, 0.1) is 46.3 Å². The Morgan fingerprint density at radius 2 is 1.11 bits per heavy atom. The minimum atomic E-state index is -1.20. The van der Waals surface area contributed by atoms with Gasteiger partial charge in [0.1, 0.15) is 12.1 Å². The summed E-state index contributed by atoms with van der Waals surface area (Å²) in [6.07, 6.45) is 20.4. The van der Waals surface area contributed by atoms with Gasteiger partial charge in [-0.3, -0.25) is 9.69 Å². The summed E-state index contributed by atoms with van der Waals surface area (Å²) in [5, 5.41) is 34.4. The molecule has 9 aliphatic rings. The van der Waals surface area contributed by atoms with E-state index < -0.39 is 24.3 Å². The second-order valence-electron chi connectivity index (χ2n) is 17.8. The Morgan fingerprint density at radius 3 is 1.57 bits per heavy atom. The van der Waals surface area contributed by atoms with Gasteiger partial charge in [-0.1, -0.05) is 0 Å². The maximum absolute atomic E-state index is 13.2. The lowest BCUT2D eigenvalue weighted by atomic mass is 9.50. The third-order valence-corrected chi connectivity index (χ3v) is 13.9. The Labute approximate surface area is 277 Å². The molecule has 8 heteroatoms. The lowest BCUT2D eigenvalue weighted by Crippen LogP contribution is -2.50. The maximum Gasteiger partial charge on any atom is 0.240 e. The molecule has 8 bridgehead atoms. The molecular formula is C38H64N2O6. The smallest absolute Gasteiger partial charge is 0.240 e. The molecule has 9 rings (SSSR count). The van der Waals surface area contributed by atoms with E-state index in [1.54, 1.807) is 0 Å². The van der Waals surface area contributed by atoms with Gasteiger partial charge >= 0.3 is 0 Å². The van der Waals surface area contributed by atoms with Gasteiger partial charge < -0.3 is 30.1 Å². The zero-order chi connectivity index (χ0) is 31.7. The van der Waals surface area contributed by atoms with E-state index in [1.807, 2.05) is 4.90 Å². The zero-order valence-corrected chi connectivity index (χ0v) is 28.5. The summed E-state index contributed by atoms with van der Waals surface area (Å²) < 4.78 is 12.5. The number of carbonyl (C=O) groups is 1. The van der Waals surface area contributed by atoms with Gasteiger partial charge in [0.25, 0.3) is 0 Å². The number of hydrogen-bond acceptors (Lipinski definition) is 7. The van der Waals surface area contributed by atoms with E-state index >= 15 is 0 Å². The van der Waals surface area contributed by atoms with Gasteiger partial charge in [0.05, 0.1) is 32.0 Å². The van der Waals surface area contributed by atoms with Crippen molar-refractivity contribution in [2.45, 2.75) is 140 Å². The second kappa shape index (κ2) is 14.6. The highest BCUT2D eigenvalue weighted by Gasteiger charge is 2.52. The predicted octanol–water partition coefficient (Wildman–Crippen LogP) is 4.68. The van der Waals surface area contributed by atoms with Crippen LogP contribution in [0.15, 0.2) is 0 Å². The number of aliphatic hydroxyl groups excluding tert-OH is 3. The molecule has 0 aromatic heterocycles. The van der Waals surface area contributed by atoms with Crippen LogP contribution in [-0.4, -0.2) is 96.5 Å². The van der Waals surface area contributed by atoms with Crippen LogP contribution in [0.4, 0.5) is 0 Å². The molecule has 9 fully saturated rings. The number of unbranched alkanes of at least 4 members (excludes halogenated alkanes) is 4. The van der Waals surface area contributed by atoms with Crippen LogP contribution in [0.25, 0.3) is 0 Å². The second-order valence-corrected chi connectivity index (χ2v) is 17.8. The summed E-state index contributed by atoms with van der Waals surface area (Å²) in [4.78, 5) is 15.0. The van der Waals surface area contributed by atoms with Crippen molar-refractivity contribution in [1.29, 1.82) is 0 Å². The molecule has 4 atom stereocenters. The minimum absolute atomic E-state index is 0.250. The molecule has 4 N–H and O–H groups in total. The lowest BCUT2D eigenvalue weighted by molar-refractivity contribution is -0.129. The van der Waals surface area contributed by atoms with E-state index in [4.69, 9.17) is 9.47 Å².